The third kappa shape index (κ3) is 4.02. The van der Waals surface area contributed by atoms with E-state index >= 15 is 0 Å². The summed E-state index contributed by atoms with van der Waals surface area (Å²) in [4.78, 5) is 0. The molecule has 0 amide bonds. The number of hydrogen-bond donors (Lipinski definition) is 0. The fraction of sp³-hybridized carbons (Fsp3) is 0.0833. The first-order valence-corrected chi connectivity index (χ1v) is 17.2. The van der Waals surface area contributed by atoms with Gasteiger partial charge >= 0.3 is 0 Å². The summed E-state index contributed by atoms with van der Waals surface area (Å²) in [5, 5.41) is 0. The summed E-state index contributed by atoms with van der Waals surface area (Å²) >= 11 is 0. The molecule has 10 rings (SSSR count). The van der Waals surface area contributed by atoms with Crippen molar-refractivity contribution >= 4 is 17.2 Å². The Morgan fingerprint density at radius 2 is 0.812 bits per heavy atom. The van der Waals surface area contributed by atoms with Crippen LogP contribution in [-0.2, 0) is 0 Å². The number of fused-ring (bicyclic) bond motifs is 7. The van der Waals surface area contributed by atoms with E-state index in [1.165, 1.54) is 77.9 Å². The van der Waals surface area contributed by atoms with Gasteiger partial charge in [-0.15, -0.1) is 0 Å². The van der Waals surface area contributed by atoms with Gasteiger partial charge in [-0.1, -0.05) is 182 Å². The predicted octanol–water partition coefficient (Wildman–Crippen LogP) is 12.4. The molecule has 0 aliphatic heterocycles. The van der Waals surface area contributed by atoms with E-state index in [9.17, 15) is 0 Å². The lowest BCUT2D eigenvalue weighted by Gasteiger charge is -2.43. The third-order valence-electron chi connectivity index (χ3n) is 11.0. The van der Waals surface area contributed by atoms with E-state index in [-0.39, 0.29) is 5.92 Å². The van der Waals surface area contributed by atoms with Crippen molar-refractivity contribution in [2.75, 3.05) is 0 Å². The normalized spacial score (nSPS) is 21.0. The van der Waals surface area contributed by atoms with E-state index in [1.54, 1.807) is 0 Å². The van der Waals surface area contributed by atoms with Crippen LogP contribution in [0.25, 0.3) is 61.7 Å². The van der Waals surface area contributed by atoms with Crippen LogP contribution in [-0.4, -0.2) is 0 Å². The summed E-state index contributed by atoms with van der Waals surface area (Å²) < 4.78 is 0. The monoisotopic (exact) mass is 610 g/mol. The van der Waals surface area contributed by atoms with Crippen LogP contribution >= 0.6 is 0 Å². The summed E-state index contributed by atoms with van der Waals surface area (Å²) in [6, 6.07) is 53.7. The molecule has 4 atom stereocenters. The Bertz CT molecular complexity index is 2320. The van der Waals surface area contributed by atoms with Crippen LogP contribution in [0.3, 0.4) is 0 Å². The molecule has 0 saturated heterocycles. The standard InChI is InChI=1S/C48H34/c1-5-17-31(18-6-1)41-42(32-19-7-2-8-20-32)44(34-23-11-4-12-24-34)48-40-30-36-26-14-16-28-38(36)45-37-27-15-13-25-35(37)29-39(46(40)45)47(48)43(41)33-21-9-3-10-22-33/h1-30,35,37,45-46H. The quantitative estimate of drug-likeness (QED) is 0.186. The van der Waals surface area contributed by atoms with Crippen molar-refractivity contribution in [3.05, 3.63) is 198 Å². The zero-order chi connectivity index (χ0) is 31.6. The van der Waals surface area contributed by atoms with Gasteiger partial charge in [0, 0.05) is 17.8 Å². The van der Waals surface area contributed by atoms with E-state index in [0.29, 0.717) is 17.8 Å². The van der Waals surface area contributed by atoms with Crippen LogP contribution in [0.5, 0.6) is 0 Å². The molecular weight excluding hydrogens is 577 g/mol. The number of rotatable bonds is 4. The largest absolute Gasteiger partial charge is 0.0799 e. The molecule has 0 spiro atoms. The molecule has 0 N–H and O–H groups in total. The van der Waals surface area contributed by atoms with Crippen LogP contribution in [0.1, 0.15) is 28.2 Å². The first-order chi connectivity index (χ1) is 23.9. The highest BCUT2D eigenvalue weighted by Gasteiger charge is 2.50. The Hall–Kier alpha value is -5.72. The zero-order valence-electron chi connectivity index (χ0n) is 26.6. The molecule has 0 bridgehead atoms. The minimum atomic E-state index is 0.284. The van der Waals surface area contributed by atoms with Gasteiger partial charge in [-0.3, -0.25) is 0 Å². The van der Waals surface area contributed by atoms with Crippen molar-refractivity contribution in [1.82, 2.24) is 0 Å². The molecule has 0 nitrogen and oxygen atoms in total. The summed E-state index contributed by atoms with van der Waals surface area (Å²) in [6.07, 6.45) is 14.6. The predicted molar refractivity (Wildman–Crippen MR) is 202 cm³/mol. The Morgan fingerprint density at radius 3 is 1.35 bits per heavy atom. The van der Waals surface area contributed by atoms with Crippen LogP contribution in [0, 0.1) is 17.8 Å². The number of hydrogen-bond acceptors (Lipinski definition) is 0. The summed E-state index contributed by atoms with van der Waals surface area (Å²) in [6.45, 7) is 0. The molecule has 226 valence electrons. The average molecular weight is 611 g/mol. The molecule has 4 aliphatic rings. The lowest BCUT2D eigenvalue weighted by molar-refractivity contribution is 0.394. The minimum absolute atomic E-state index is 0.284. The number of allylic oxidation sites excluding steroid dienone is 7. The van der Waals surface area contributed by atoms with Gasteiger partial charge in [-0.05, 0) is 83.8 Å². The van der Waals surface area contributed by atoms with Crippen molar-refractivity contribution in [3.63, 3.8) is 0 Å². The molecule has 4 unspecified atom stereocenters. The van der Waals surface area contributed by atoms with Gasteiger partial charge in [0.05, 0.1) is 0 Å². The lowest BCUT2D eigenvalue weighted by Crippen LogP contribution is -2.31. The lowest BCUT2D eigenvalue weighted by atomic mass is 9.60. The second kappa shape index (κ2) is 10.9. The molecule has 4 aliphatic carbocycles. The van der Waals surface area contributed by atoms with Gasteiger partial charge < -0.3 is 0 Å². The SMILES string of the molecule is C1=CC2C=C3c4c(c(-c5ccccc5)c(-c5ccccc5)c(-c5ccccc5)c4-c4ccccc4)C4=Cc5ccccc5C(C43)C2C=C1. The van der Waals surface area contributed by atoms with E-state index in [0.717, 1.165) is 0 Å². The maximum atomic E-state index is 2.64. The highest BCUT2D eigenvalue weighted by Crippen LogP contribution is 2.67. The van der Waals surface area contributed by atoms with Crippen molar-refractivity contribution in [2.24, 2.45) is 17.8 Å². The topological polar surface area (TPSA) is 0 Å². The molecule has 0 saturated carbocycles. The minimum Gasteiger partial charge on any atom is -0.0799 e. The van der Waals surface area contributed by atoms with Crippen molar-refractivity contribution in [3.8, 4) is 44.5 Å². The molecular formula is C48H34. The van der Waals surface area contributed by atoms with Crippen molar-refractivity contribution in [2.45, 2.75) is 5.92 Å². The van der Waals surface area contributed by atoms with Crippen LogP contribution in [0.2, 0.25) is 0 Å². The van der Waals surface area contributed by atoms with Gasteiger partial charge in [0.15, 0.2) is 0 Å². The molecule has 6 aromatic carbocycles. The Balaban J connectivity index is 1.45. The Labute approximate surface area is 282 Å². The highest BCUT2D eigenvalue weighted by atomic mass is 14.5. The molecule has 0 fully saturated rings. The second-order valence-corrected chi connectivity index (χ2v) is 13.5. The fourth-order valence-corrected chi connectivity index (χ4v) is 9.21. The summed E-state index contributed by atoms with van der Waals surface area (Å²) in [5.41, 5.74) is 18.9. The van der Waals surface area contributed by atoms with E-state index < -0.39 is 0 Å². The van der Waals surface area contributed by atoms with Gasteiger partial charge in [0.2, 0.25) is 0 Å². The van der Waals surface area contributed by atoms with E-state index in [4.69, 9.17) is 0 Å². The fourth-order valence-electron chi connectivity index (χ4n) is 9.21. The molecule has 6 aromatic rings. The summed E-state index contributed by atoms with van der Waals surface area (Å²) in [5.74, 6) is 1.42. The van der Waals surface area contributed by atoms with E-state index in [1.807, 2.05) is 0 Å². The maximum Gasteiger partial charge on any atom is 0.0174 e. The van der Waals surface area contributed by atoms with Gasteiger partial charge in [0.25, 0.3) is 0 Å². The first kappa shape index (κ1) is 27.4. The van der Waals surface area contributed by atoms with Gasteiger partial charge in [-0.2, -0.15) is 0 Å². The van der Waals surface area contributed by atoms with E-state index in [2.05, 4.69) is 182 Å². The third-order valence-corrected chi connectivity index (χ3v) is 11.0. The Morgan fingerprint density at radius 1 is 0.375 bits per heavy atom. The second-order valence-electron chi connectivity index (χ2n) is 13.5. The number of benzene rings is 6. The molecule has 48 heavy (non-hydrogen) atoms. The Kier molecular flexibility index (Phi) is 6.24. The average Bonchev–Trinajstić information content (AvgIpc) is 3.48. The highest BCUT2D eigenvalue weighted by molar-refractivity contribution is 6.17. The molecule has 0 aromatic heterocycles. The smallest absolute Gasteiger partial charge is 0.0174 e. The van der Waals surface area contributed by atoms with Crippen LogP contribution < -0.4 is 0 Å². The van der Waals surface area contributed by atoms with Crippen molar-refractivity contribution in [1.29, 1.82) is 0 Å². The molecule has 0 heteroatoms. The molecule has 0 heterocycles. The molecule has 0 radical (unpaired) electrons. The van der Waals surface area contributed by atoms with Crippen LogP contribution in [0.15, 0.2) is 176 Å². The van der Waals surface area contributed by atoms with Gasteiger partial charge in [0.1, 0.15) is 0 Å². The van der Waals surface area contributed by atoms with Crippen LogP contribution in [0.4, 0.5) is 0 Å². The maximum absolute atomic E-state index is 2.64. The first-order valence-electron chi connectivity index (χ1n) is 17.2. The van der Waals surface area contributed by atoms with Gasteiger partial charge in [-0.25, -0.2) is 0 Å². The zero-order valence-corrected chi connectivity index (χ0v) is 26.6. The van der Waals surface area contributed by atoms with Crippen molar-refractivity contribution < 1.29 is 0 Å². The summed E-state index contributed by atoms with van der Waals surface area (Å²) in [7, 11) is 0.